The molecule has 0 saturated heterocycles. The fourth-order valence-corrected chi connectivity index (χ4v) is 4.84. The number of carbonyl (C=O) groups is 3. The molecule has 0 aliphatic carbocycles. The third-order valence-corrected chi connectivity index (χ3v) is 6.33. The lowest BCUT2D eigenvalue weighted by atomic mass is 9.91. The second kappa shape index (κ2) is 16.7. The number of nitrogens with zero attached hydrogens (tertiary/aromatic N) is 1. The first kappa shape index (κ1) is 30.1. The van der Waals surface area contributed by atoms with Gasteiger partial charge < -0.3 is 20.1 Å². The molecule has 7 nitrogen and oxygen atoms in total. The molecular weight excluding hydrogens is 410 g/mol. The molecule has 0 spiro atoms. The molecular formula is C25H45NO6. The van der Waals surface area contributed by atoms with Crippen LogP contribution in [0.15, 0.2) is 12.2 Å². The van der Waals surface area contributed by atoms with E-state index in [1.54, 1.807) is 0 Å². The zero-order chi connectivity index (χ0) is 24.6. The van der Waals surface area contributed by atoms with E-state index in [1.807, 2.05) is 20.8 Å². The standard InChI is InChI=1S/C25H45NO6/c1-5-9-10-11-12-13-14-15-19-26(20(16-6-2)23(27)28,21(17-7-3)24(29)30)22(18-8-4)25(31)32/h11-12,20-22H,5-10,13-19H2,1-4H3,(H2-,27,28,29,30,31,32)/b12-11+. The van der Waals surface area contributed by atoms with Gasteiger partial charge in [0.05, 0.1) is 12.5 Å². The van der Waals surface area contributed by atoms with Gasteiger partial charge in [0.1, 0.15) is 6.04 Å². The Bertz CT molecular complexity index is 529. The highest BCUT2D eigenvalue weighted by Gasteiger charge is 2.54. The van der Waals surface area contributed by atoms with Gasteiger partial charge in [0.15, 0.2) is 12.1 Å². The monoisotopic (exact) mass is 455 g/mol. The summed E-state index contributed by atoms with van der Waals surface area (Å²) in [6, 6.07) is -3.36. The molecule has 0 aliphatic rings. The fourth-order valence-electron chi connectivity index (χ4n) is 4.84. The van der Waals surface area contributed by atoms with Crippen LogP contribution in [0, 0.1) is 0 Å². The van der Waals surface area contributed by atoms with Crippen molar-refractivity contribution < 1.29 is 34.2 Å². The Morgan fingerprint density at radius 1 is 0.719 bits per heavy atom. The van der Waals surface area contributed by atoms with Gasteiger partial charge in [-0.25, -0.2) is 9.59 Å². The van der Waals surface area contributed by atoms with Crippen LogP contribution in [0.1, 0.15) is 105 Å². The Balaban J connectivity index is 6.22. The van der Waals surface area contributed by atoms with Gasteiger partial charge in [-0.1, -0.05) is 59.1 Å². The first-order valence-corrected chi connectivity index (χ1v) is 12.4. The van der Waals surface area contributed by atoms with Gasteiger partial charge in [0.2, 0.25) is 0 Å². The third-order valence-electron chi connectivity index (χ3n) is 6.33. The molecule has 2 N–H and O–H groups in total. The maximum absolute atomic E-state index is 12.4. The number of carboxylic acid groups (broad SMARTS) is 3. The third kappa shape index (κ3) is 8.93. The molecule has 0 amide bonds. The zero-order valence-corrected chi connectivity index (χ0v) is 20.6. The molecule has 0 saturated carbocycles. The van der Waals surface area contributed by atoms with Gasteiger partial charge in [0, 0.05) is 19.3 Å². The van der Waals surface area contributed by atoms with E-state index in [0.717, 1.165) is 32.1 Å². The summed E-state index contributed by atoms with van der Waals surface area (Å²) < 4.78 is -0.456. The van der Waals surface area contributed by atoms with Gasteiger partial charge in [-0.3, -0.25) is 4.48 Å². The molecule has 32 heavy (non-hydrogen) atoms. The van der Waals surface area contributed by atoms with Crippen LogP contribution < -0.4 is 5.11 Å². The number of hydrogen-bond acceptors (Lipinski definition) is 4. The zero-order valence-electron chi connectivity index (χ0n) is 20.6. The highest BCUT2D eigenvalue weighted by atomic mass is 16.4. The summed E-state index contributed by atoms with van der Waals surface area (Å²) in [6.07, 6.45) is 11.9. The topological polar surface area (TPSA) is 115 Å². The second-order valence-corrected chi connectivity index (χ2v) is 8.74. The molecule has 186 valence electrons. The summed E-state index contributed by atoms with van der Waals surface area (Å²) >= 11 is 0. The van der Waals surface area contributed by atoms with Crippen molar-refractivity contribution in [2.75, 3.05) is 6.54 Å². The number of rotatable bonds is 20. The van der Waals surface area contributed by atoms with E-state index in [1.165, 1.54) is 0 Å². The lowest BCUT2D eigenvalue weighted by Gasteiger charge is -2.52. The Labute approximate surface area is 194 Å². The molecule has 0 rings (SSSR count). The summed E-state index contributed by atoms with van der Waals surface area (Å²) in [4.78, 5) is 37.1. The minimum atomic E-state index is -1.35. The molecule has 0 heterocycles. The van der Waals surface area contributed by atoms with Gasteiger partial charge in [-0.2, -0.15) is 0 Å². The number of carboxylic acids is 3. The van der Waals surface area contributed by atoms with Crippen LogP contribution in [-0.4, -0.2) is 57.3 Å². The second-order valence-electron chi connectivity index (χ2n) is 8.74. The molecule has 0 aromatic carbocycles. The number of hydrogen-bond donors (Lipinski definition) is 2. The largest absolute Gasteiger partial charge is 0.544 e. The van der Waals surface area contributed by atoms with Crippen LogP contribution in [0.25, 0.3) is 0 Å². The van der Waals surface area contributed by atoms with Crippen LogP contribution in [0.3, 0.4) is 0 Å². The smallest absolute Gasteiger partial charge is 0.362 e. The molecule has 3 atom stereocenters. The number of quaternary nitrogens is 1. The number of unbranched alkanes of at least 4 members (excludes halogenated alkanes) is 4. The van der Waals surface area contributed by atoms with E-state index >= 15 is 0 Å². The van der Waals surface area contributed by atoms with Gasteiger partial charge in [0.25, 0.3) is 0 Å². The molecule has 0 fully saturated rings. The van der Waals surface area contributed by atoms with Crippen molar-refractivity contribution in [2.24, 2.45) is 0 Å². The lowest BCUT2D eigenvalue weighted by Crippen LogP contribution is -2.74. The van der Waals surface area contributed by atoms with Crippen LogP contribution in [0.4, 0.5) is 0 Å². The normalized spacial score (nSPS) is 16.4. The van der Waals surface area contributed by atoms with Crippen LogP contribution in [0.5, 0.6) is 0 Å². The maximum atomic E-state index is 12.4. The molecule has 0 radical (unpaired) electrons. The van der Waals surface area contributed by atoms with E-state index in [4.69, 9.17) is 0 Å². The summed E-state index contributed by atoms with van der Waals surface area (Å²) in [7, 11) is 0. The number of aliphatic carboxylic acids is 3. The van der Waals surface area contributed by atoms with Crippen molar-refractivity contribution in [1.29, 1.82) is 0 Å². The van der Waals surface area contributed by atoms with Crippen LogP contribution in [0.2, 0.25) is 0 Å². The molecule has 0 aliphatic heterocycles. The minimum absolute atomic E-state index is 0.195. The van der Waals surface area contributed by atoms with E-state index in [2.05, 4.69) is 19.1 Å². The van der Waals surface area contributed by atoms with Gasteiger partial charge in [-0.05, 0) is 38.5 Å². The summed E-state index contributed by atoms with van der Waals surface area (Å²) in [6.45, 7) is 7.86. The Kier molecular flexibility index (Phi) is 15.7. The van der Waals surface area contributed by atoms with E-state index in [0.29, 0.717) is 25.7 Å². The highest BCUT2D eigenvalue weighted by molar-refractivity contribution is 5.77. The fraction of sp³-hybridized carbons (Fsp3) is 0.800. The number of carbonyl (C=O) groups excluding carboxylic acids is 1. The van der Waals surface area contributed by atoms with E-state index in [-0.39, 0.29) is 25.8 Å². The van der Waals surface area contributed by atoms with Gasteiger partial charge >= 0.3 is 11.9 Å². The first-order chi connectivity index (χ1) is 15.2. The van der Waals surface area contributed by atoms with Crippen molar-refractivity contribution >= 4 is 17.9 Å². The molecule has 0 aromatic heterocycles. The molecule has 0 aromatic rings. The highest BCUT2D eigenvalue weighted by Crippen LogP contribution is 2.34. The predicted octanol–water partition coefficient (Wildman–Crippen LogP) is 4.15. The van der Waals surface area contributed by atoms with Crippen molar-refractivity contribution in [3.8, 4) is 0 Å². The Morgan fingerprint density at radius 3 is 1.53 bits per heavy atom. The SMILES string of the molecule is CCCC/C=C/CCCC[N+](C(CCC)C(=O)[O-])(C(CCC)C(=O)O)C(CCC)C(=O)O. The van der Waals surface area contributed by atoms with Crippen LogP contribution in [-0.2, 0) is 14.4 Å². The summed E-state index contributed by atoms with van der Waals surface area (Å²) in [5.74, 6) is -3.61. The van der Waals surface area contributed by atoms with Crippen molar-refractivity contribution in [3.63, 3.8) is 0 Å². The molecule has 7 heteroatoms. The Hall–Kier alpha value is -1.89. The summed E-state index contributed by atoms with van der Waals surface area (Å²) in [5, 5.41) is 32.6. The van der Waals surface area contributed by atoms with E-state index in [9.17, 15) is 29.7 Å². The number of allylic oxidation sites excluding steroid dienone is 2. The van der Waals surface area contributed by atoms with Crippen molar-refractivity contribution in [3.05, 3.63) is 12.2 Å². The molecule has 0 bridgehead atoms. The average Bonchev–Trinajstić information content (AvgIpc) is 2.73. The van der Waals surface area contributed by atoms with Gasteiger partial charge in [-0.15, -0.1) is 0 Å². The van der Waals surface area contributed by atoms with Crippen molar-refractivity contribution in [2.45, 2.75) is 123 Å². The minimum Gasteiger partial charge on any atom is -0.544 e. The summed E-state index contributed by atoms with van der Waals surface area (Å²) in [5.41, 5.74) is 0. The van der Waals surface area contributed by atoms with Crippen molar-refractivity contribution in [1.82, 2.24) is 0 Å². The van der Waals surface area contributed by atoms with E-state index < -0.39 is 40.5 Å². The molecule has 3 unspecified atom stereocenters. The predicted molar refractivity (Wildman–Crippen MR) is 124 cm³/mol. The average molecular weight is 456 g/mol. The first-order valence-electron chi connectivity index (χ1n) is 12.4. The maximum Gasteiger partial charge on any atom is 0.362 e. The Morgan fingerprint density at radius 2 is 1.16 bits per heavy atom. The van der Waals surface area contributed by atoms with Crippen LogP contribution >= 0.6 is 0 Å². The lowest BCUT2D eigenvalue weighted by molar-refractivity contribution is -0.975. The quantitative estimate of drug-likeness (QED) is 0.162.